The van der Waals surface area contributed by atoms with Gasteiger partial charge in [0.1, 0.15) is 0 Å². The van der Waals surface area contributed by atoms with E-state index in [4.69, 9.17) is 14.9 Å². The maximum absolute atomic E-state index is 12.3. The highest BCUT2D eigenvalue weighted by molar-refractivity contribution is 6.03. The maximum atomic E-state index is 12.3. The predicted octanol–water partition coefficient (Wildman–Crippen LogP) is 8.38. The summed E-state index contributed by atoms with van der Waals surface area (Å²) in [5.41, 5.74) is 0.985. The summed E-state index contributed by atoms with van der Waals surface area (Å²) in [6, 6.07) is 35.1. The van der Waals surface area contributed by atoms with Gasteiger partial charge in [-0.1, -0.05) is 60.7 Å². The lowest BCUT2D eigenvalue weighted by Gasteiger charge is -2.09. The Bertz CT molecular complexity index is 1890. The number of nitrogens with one attached hydrogen (secondary N) is 3. The molecule has 0 spiro atoms. The van der Waals surface area contributed by atoms with Crippen LogP contribution in [0.3, 0.4) is 0 Å². The van der Waals surface area contributed by atoms with Gasteiger partial charge < -0.3 is 9.47 Å². The van der Waals surface area contributed by atoms with Crippen molar-refractivity contribution in [3.8, 4) is 0 Å². The van der Waals surface area contributed by atoms with Crippen molar-refractivity contribution < 1.29 is 23.9 Å². The number of esters is 1. The molecule has 0 saturated carbocycles. The smallest absolute Gasteiger partial charge is 0.396 e. The summed E-state index contributed by atoms with van der Waals surface area (Å²) in [7, 11) is 0. The maximum Gasteiger partial charge on any atom is 0.419 e. The molecule has 8 nitrogen and oxygen atoms in total. The van der Waals surface area contributed by atoms with Gasteiger partial charge in [-0.15, -0.1) is 0 Å². The second-order valence-electron chi connectivity index (χ2n) is 9.85. The molecule has 0 aromatic heterocycles. The summed E-state index contributed by atoms with van der Waals surface area (Å²) in [5, 5.41) is 21.4. The lowest BCUT2D eigenvalue weighted by Crippen LogP contribution is -2.21. The Morgan fingerprint density at radius 3 is 1.38 bits per heavy atom. The first-order chi connectivity index (χ1) is 20.4. The van der Waals surface area contributed by atoms with Crippen LogP contribution in [0.1, 0.15) is 12.8 Å². The minimum absolute atomic E-state index is 0.216. The molecule has 0 heterocycles. The van der Waals surface area contributed by atoms with Crippen LogP contribution in [0.5, 0.6) is 0 Å². The van der Waals surface area contributed by atoms with Gasteiger partial charge in [0.2, 0.25) is 0 Å². The van der Waals surface area contributed by atoms with Crippen LogP contribution in [0.4, 0.5) is 21.0 Å². The second-order valence-corrected chi connectivity index (χ2v) is 9.85. The van der Waals surface area contributed by atoms with Crippen LogP contribution < -0.4 is 10.6 Å². The largest absolute Gasteiger partial charge is 0.419 e. The topological polar surface area (TPSA) is 118 Å². The van der Waals surface area contributed by atoms with Gasteiger partial charge in [-0.05, 0) is 91.6 Å². The Labute approximate surface area is 240 Å². The highest BCUT2D eigenvalue weighted by atomic mass is 16.6. The van der Waals surface area contributed by atoms with Crippen molar-refractivity contribution in [3.63, 3.8) is 0 Å². The van der Waals surface area contributed by atoms with Gasteiger partial charge in [0, 0.05) is 17.8 Å². The molecule has 0 fully saturated rings. The predicted molar refractivity (Wildman–Crippen MR) is 165 cm³/mol. The Kier molecular flexibility index (Phi) is 7.17. The average Bonchev–Trinajstić information content (AvgIpc) is 2.97. The molecule has 0 saturated heterocycles. The van der Waals surface area contributed by atoms with Gasteiger partial charge in [0.15, 0.2) is 5.90 Å². The third kappa shape index (κ3) is 6.03. The van der Waals surface area contributed by atoms with Crippen molar-refractivity contribution in [1.82, 2.24) is 0 Å². The number of anilines is 2. The molecule has 42 heavy (non-hydrogen) atoms. The fourth-order valence-electron chi connectivity index (χ4n) is 4.86. The number of carbonyl (C=O) groups is 3. The number of carbonyl (C=O) groups excluding carboxylic acids is 3. The standard InChI is InChI=1S/C34H25N3O5/c35-31(41-33(39)36-29-11-9-25-15-21-5-1-3-7-23(21)17-27(25)19-29)13-14-32(38)42-34(40)37-30-12-10-26-16-22-6-2-4-8-24(22)18-28(26)20-30/h1-12,15-20,35H,13-14H2,(H,36,39)(H,37,40). The monoisotopic (exact) mass is 555 g/mol. The molecule has 206 valence electrons. The van der Waals surface area contributed by atoms with E-state index in [0.29, 0.717) is 11.4 Å². The van der Waals surface area contributed by atoms with E-state index in [1.807, 2.05) is 78.9 Å². The van der Waals surface area contributed by atoms with Gasteiger partial charge in [0.05, 0.1) is 6.42 Å². The SMILES string of the molecule is N=C(CCC(=O)OC(=O)Nc1ccc2cc3ccccc3cc2c1)OC(=O)Nc1ccc2cc3ccccc3cc2c1. The molecule has 0 aliphatic heterocycles. The number of amides is 2. The van der Waals surface area contributed by atoms with Gasteiger partial charge in [-0.25, -0.2) is 9.59 Å². The number of hydrogen-bond acceptors (Lipinski definition) is 6. The fraction of sp³-hybridized carbons (Fsp3) is 0.0588. The van der Waals surface area contributed by atoms with Crippen molar-refractivity contribution >= 4 is 78.5 Å². The summed E-state index contributed by atoms with van der Waals surface area (Å²) in [6.45, 7) is 0. The van der Waals surface area contributed by atoms with E-state index in [1.54, 1.807) is 18.2 Å². The van der Waals surface area contributed by atoms with Crippen molar-refractivity contribution in [2.45, 2.75) is 12.8 Å². The molecule has 0 radical (unpaired) electrons. The van der Waals surface area contributed by atoms with Crippen LogP contribution >= 0.6 is 0 Å². The third-order valence-corrected chi connectivity index (χ3v) is 6.88. The fourth-order valence-corrected chi connectivity index (χ4v) is 4.86. The normalized spacial score (nSPS) is 11.0. The van der Waals surface area contributed by atoms with Crippen LogP contribution in [0.25, 0.3) is 43.1 Å². The molecular weight excluding hydrogens is 530 g/mol. The first-order valence-corrected chi connectivity index (χ1v) is 13.3. The molecule has 0 atom stereocenters. The highest BCUT2D eigenvalue weighted by Gasteiger charge is 2.15. The number of rotatable bonds is 5. The van der Waals surface area contributed by atoms with Crippen molar-refractivity contribution in [2.24, 2.45) is 0 Å². The third-order valence-electron chi connectivity index (χ3n) is 6.88. The van der Waals surface area contributed by atoms with Crippen LogP contribution in [0.15, 0.2) is 109 Å². The Morgan fingerprint density at radius 1 is 0.500 bits per heavy atom. The second kappa shape index (κ2) is 11.4. The quantitative estimate of drug-likeness (QED) is 0.0649. The summed E-state index contributed by atoms with van der Waals surface area (Å²) < 4.78 is 9.80. The minimum Gasteiger partial charge on any atom is -0.396 e. The Morgan fingerprint density at radius 2 is 0.905 bits per heavy atom. The lowest BCUT2D eigenvalue weighted by atomic mass is 10.0. The van der Waals surface area contributed by atoms with Crippen LogP contribution in [-0.4, -0.2) is 24.1 Å². The number of benzene rings is 6. The Balaban J connectivity index is 0.980. The number of fused-ring (bicyclic) bond motifs is 4. The zero-order valence-corrected chi connectivity index (χ0v) is 22.3. The molecule has 6 aromatic carbocycles. The summed E-state index contributed by atoms with van der Waals surface area (Å²) in [5.74, 6) is -1.28. The van der Waals surface area contributed by atoms with E-state index >= 15 is 0 Å². The van der Waals surface area contributed by atoms with E-state index in [9.17, 15) is 14.4 Å². The average molecular weight is 556 g/mol. The molecule has 0 aliphatic rings. The van der Waals surface area contributed by atoms with Crippen molar-refractivity contribution in [2.75, 3.05) is 10.6 Å². The van der Waals surface area contributed by atoms with Gasteiger partial charge in [0.25, 0.3) is 0 Å². The Hall–Kier alpha value is -5.76. The van der Waals surface area contributed by atoms with Crippen molar-refractivity contribution in [3.05, 3.63) is 109 Å². The highest BCUT2D eigenvalue weighted by Crippen LogP contribution is 2.27. The van der Waals surface area contributed by atoms with E-state index in [1.165, 1.54) is 0 Å². The first kappa shape index (κ1) is 26.5. The van der Waals surface area contributed by atoms with Gasteiger partial charge in [-0.3, -0.25) is 20.8 Å². The molecule has 6 rings (SSSR count). The van der Waals surface area contributed by atoms with E-state index in [2.05, 4.69) is 22.8 Å². The summed E-state index contributed by atoms with van der Waals surface area (Å²) in [6.07, 6.45) is -2.32. The summed E-state index contributed by atoms with van der Waals surface area (Å²) in [4.78, 5) is 36.7. The van der Waals surface area contributed by atoms with Crippen molar-refractivity contribution in [1.29, 1.82) is 5.41 Å². The molecule has 0 bridgehead atoms. The van der Waals surface area contributed by atoms with E-state index in [-0.39, 0.29) is 12.8 Å². The number of ether oxygens (including phenoxy) is 2. The lowest BCUT2D eigenvalue weighted by molar-refractivity contribution is -0.136. The zero-order chi connectivity index (χ0) is 29.1. The molecule has 0 aliphatic carbocycles. The summed E-state index contributed by atoms with van der Waals surface area (Å²) >= 11 is 0. The van der Waals surface area contributed by atoms with E-state index < -0.39 is 24.1 Å². The molecule has 6 aromatic rings. The van der Waals surface area contributed by atoms with Crippen LogP contribution in [0, 0.1) is 5.41 Å². The van der Waals surface area contributed by atoms with E-state index in [0.717, 1.165) is 43.1 Å². The molecular formula is C34H25N3O5. The van der Waals surface area contributed by atoms with Crippen LogP contribution in [-0.2, 0) is 14.3 Å². The molecule has 0 unspecified atom stereocenters. The minimum atomic E-state index is -0.936. The zero-order valence-electron chi connectivity index (χ0n) is 22.3. The molecule has 2 amide bonds. The van der Waals surface area contributed by atoms with Gasteiger partial charge >= 0.3 is 18.2 Å². The van der Waals surface area contributed by atoms with Gasteiger partial charge in [-0.2, -0.15) is 0 Å². The number of hydrogen-bond donors (Lipinski definition) is 3. The molecule has 8 heteroatoms. The molecule has 3 N–H and O–H groups in total. The van der Waals surface area contributed by atoms with Crippen LogP contribution in [0.2, 0.25) is 0 Å². The first-order valence-electron chi connectivity index (χ1n) is 13.3.